The van der Waals surface area contributed by atoms with E-state index in [4.69, 9.17) is 17.0 Å². The summed E-state index contributed by atoms with van der Waals surface area (Å²) in [6, 6.07) is 23.0. The monoisotopic (exact) mass is 552 g/mol. The highest BCUT2D eigenvalue weighted by molar-refractivity contribution is 7.80. The van der Waals surface area contributed by atoms with Crippen LogP contribution in [-0.2, 0) is 0 Å². The van der Waals surface area contributed by atoms with Crippen LogP contribution in [0.15, 0.2) is 79.0 Å². The molecule has 204 valence electrons. The van der Waals surface area contributed by atoms with Crippen molar-refractivity contribution in [2.24, 2.45) is 0 Å². The van der Waals surface area contributed by atoms with Gasteiger partial charge in [-0.05, 0) is 124 Å². The van der Waals surface area contributed by atoms with Crippen molar-refractivity contribution in [2.75, 3.05) is 4.90 Å². The number of anilines is 1. The number of thiocarbonyl (C=S) groups is 1. The van der Waals surface area contributed by atoms with Crippen LogP contribution in [0.2, 0.25) is 0 Å². The predicted octanol–water partition coefficient (Wildman–Crippen LogP) is 6.69. The first-order valence-electron chi connectivity index (χ1n) is 13.7. The Morgan fingerprint density at radius 2 is 1.70 bits per heavy atom. The first-order valence-corrected chi connectivity index (χ1v) is 14.1. The number of aromatic carboxylic acids is 1. The van der Waals surface area contributed by atoms with E-state index in [2.05, 4.69) is 51.8 Å². The molecule has 8 heteroatoms. The van der Waals surface area contributed by atoms with E-state index in [-0.39, 0.29) is 17.6 Å². The molecule has 3 heterocycles. The lowest BCUT2D eigenvalue weighted by Crippen LogP contribution is -2.29. The Morgan fingerprint density at radius 3 is 2.35 bits per heavy atom. The summed E-state index contributed by atoms with van der Waals surface area (Å²) in [6.07, 6.45) is 6.80. The SMILES string of the molecule is Cc1cc([C@@H]2[C@H](c3ccccn3)NC(=S)N2c2ccc(OC3CCCC3)cc2)c(C)n1-c1ccc(C(=O)O)cc1. The van der Waals surface area contributed by atoms with Gasteiger partial charge in [0.15, 0.2) is 5.11 Å². The summed E-state index contributed by atoms with van der Waals surface area (Å²) in [5.74, 6) is -0.0539. The zero-order valence-electron chi connectivity index (χ0n) is 22.6. The molecule has 1 saturated heterocycles. The van der Waals surface area contributed by atoms with Crippen LogP contribution < -0.4 is 15.0 Å². The topological polar surface area (TPSA) is 79.6 Å². The smallest absolute Gasteiger partial charge is 0.335 e. The van der Waals surface area contributed by atoms with Crippen LogP contribution in [0.25, 0.3) is 5.69 Å². The number of nitrogens with zero attached hydrogens (tertiary/aromatic N) is 3. The number of benzene rings is 2. The molecule has 2 aliphatic rings. The lowest BCUT2D eigenvalue weighted by Gasteiger charge is -2.28. The molecular weight excluding hydrogens is 520 g/mol. The minimum Gasteiger partial charge on any atom is -0.490 e. The van der Waals surface area contributed by atoms with Gasteiger partial charge in [0.2, 0.25) is 0 Å². The number of hydrogen-bond donors (Lipinski definition) is 2. The van der Waals surface area contributed by atoms with Gasteiger partial charge in [-0.1, -0.05) is 6.07 Å². The predicted molar refractivity (Wildman–Crippen MR) is 159 cm³/mol. The number of aromatic nitrogens is 2. The number of nitrogens with one attached hydrogen (secondary N) is 1. The Kier molecular flexibility index (Phi) is 7.02. The van der Waals surface area contributed by atoms with Crippen LogP contribution in [0.1, 0.15) is 70.8 Å². The van der Waals surface area contributed by atoms with Crippen LogP contribution in [0.5, 0.6) is 5.75 Å². The molecule has 2 atom stereocenters. The maximum atomic E-state index is 11.4. The van der Waals surface area contributed by atoms with Crippen molar-refractivity contribution in [1.82, 2.24) is 14.9 Å². The third-order valence-electron chi connectivity index (χ3n) is 7.98. The van der Waals surface area contributed by atoms with Crippen LogP contribution in [0.3, 0.4) is 0 Å². The number of pyridine rings is 1. The number of rotatable bonds is 7. The second-order valence-corrected chi connectivity index (χ2v) is 10.9. The fraction of sp³-hybridized carbons (Fsp3) is 0.281. The van der Waals surface area contributed by atoms with Crippen LogP contribution in [-0.4, -0.2) is 31.8 Å². The summed E-state index contributed by atoms with van der Waals surface area (Å²) in [6.45, 7) is 4.17. The minimum atomic E-state index is -0.938. The van der Waals surface area contributed by atoms with E-state index in [1.54, 1.807) is 12.1 Å². The Morgan fingerprint density at radius 1 is 1.00 bits per heavy atom. The van der Waals surface area contributed by atoms with Gasteiger partial charge in [-0.15, -0.1) is 0 Å². The number of hydrogen-bond acceptors (Lipinski definition) is 4. The molecule has 1 aliphatic carbocycles. The number of carboxylic acids is 1. The summed E-state index contributed by atoms with van der Waals surface area (Å²) in [5.41, 5.74) is 6.30. The highest BCUT2D eigenvalue weighted by atomic mass is 32.1. The average molecular weight is 553 g/mol. The minimum absolute atomic E-state index is 0.151. The first kappa shape index (κ1) is 26.1. The fourth-order valence-electron chi connectivity index (χ4n) is 6.07. The van der Waals surface area contributed by atoms with Crippen LogP contribution >= 0.6 is 12.2 Å². The summed E-state index contributed by atoms with van der Waals surface area (Å²) >= 11 is 5.93. The van der Waals surface area contributed by atoms with Gasteiger partial charge >= 0.3 is 5.97 Å². The van der Waals surface area contributed by atoms with Crippen molar-refractivity contribution < 1.29 is 14.6 Å². The molecular formula is C32H32N4O3S. The molecule has 1 aliphatic heterocycles. The van der Waals surface area contributed by atoms with Gasteiger partial charge in [0, 0.05) is 29.0 Å². The summed E-state index contributed by atoms with van der Waals surface area (Å²) in [7, 11) is 0. The molecule has 6 rings (SSSR count). The summed E-state index contributed by atoms with van der Waals surface area (Å²) in [5, 5.41) is 13.5. The lowest BCUT2D eigenvalue weighted by molar-refractivity contribution is 0.0697. The second-order valence-electron chi connectivity index (χ2n) is 10.5. The number of carboxylic acid groups (broad SMARTS) is 1. The Bertz CT molecular complexity index is 1530. The van der Waals surface area contributed by atoms with E-state index in [9.17, 15) is 9.90 Å². The molecule has 7 nitrogen and oxygen atoms in total. The van der Waals surface area contributed by atoms with Crippen molar-refractivity contribution in [1.29, 1.82) is 0 Å². The van der Waals surface area contributed by atoms with Gasteiger partial charge in [-0.3, -0.25) is 4.98 Å². The van der Waals surface area contributed by atoms with Gasteiger partial charge in [-0.25, -0.2) is 4.79 Å². The fourth-order valence-corrected chi connectivity index (χ4v) is 6.42. The Hall–Kier alpha value is -4.17. The molecule has 0 radical (unpaired) electrons. The molecule has 2 fully saturated rings. The van der Waals surface area contributed by atoms with Crippen molar-refractivity contribution in [3.05, 3.63) is 107 Å². The summed E-state index contributed by atoms with van der Waals surface area (Å²) in [4.78, 5) is 18.3. The van der Waals surface area contributed by atoms with Crippen LogP contribution in [0, 0.1) is 13.8 Å². The van der Waals surface area contributed by atoms with Crippen molar-refractivity contribution in [3.63, 3.8) is 0 Å². The molecule has 0 amide bonds. The van der Waals surface area contributed by atoms with Gasteiger partial charge in [0.05, 0.1) is 29.4 Å². The highest BCUT2D eigenvalue weighted by Crippen LogP contribution is 2.44. The molecule has 0 spiro atoms. The first-order chi connectivity index (χ1) is 19.4. The molecule has 2 aromatic carbocycles. The van der Waals surface area contributed by atoms with E-state index in [0.717, 1.165) is 52.6 Å². The van der Waals surface area contributed by atoms with Crippen molar-refractivity contribution in [2.45, 2.75) is 57.7 Å². The maximum Gasteiger partial charge on any atom is 0.335 e. The second kappa shape index (κ2) is 10.8. The van der Waals surface area contributed by atoms with Crippen LogP contribution in [0.4, 0.5) is 5.69 Å². The third kappa shape index (κ3) is 4.84. The molecule has 40 heavy (non-hydrogen) atoms. The number of ether oxygens (including phenoxy) is 1. The third-order valence-corrected chi connectivity index (χ3v) is 8.29. The van der Waals surface area contributed by atoms with Gasteiger partial charge in [0.1, 0.15) is 5.75 Å². The lowest BCUT2D eigenvalue weighted by atomic mass is 9.96. The van der Waals surface area contributed by atoms with E-state index in [1.165, 1.54) is 12.8 Å². The largest absolute Gasteiger partial charge is 0.490 e. The average Bonchev–Trinajstić information content (AvgIpc) is 3.67. The van der Waals surface area contributed by atoms with Gasteiger partial charge in [-0.2, -0.15) is 0 Å². The normalized spacial score (nSPS) is 19.1. The molecule has 2 aromatic heterocycles. The van der Waals surface area contributed by atoms with E-state index in [0.29, 0.717) is 11.2 Å². The Labute approximate surface area is 239 Å². The van der Waals surface area contributed by atoms with Gasteiger partial charge in [0.25, 0.3) is 0 Å². The quantitative estimate of drug-likeness (QED) is 0.247. The summed E-state index contributed by atoms with van der Waals surface area (Å²) < 4.78 is 8.38. The van der Waals surface area contributed by atoms with E-state index >= 15 is 0 Å². The molecule has 0 bridgehead atoms. The zero-order valence-corrected chi connectivity index (χ0v) is 23.4. The molecule has 2 N–H and O–H groups in total. The zero-order chi connectivity index (χ0) is 27.8. The van der Waals surface area contributed by atoms with Crippen molar-refractivity contribution >= 4 is 29.0 Å². The van der Waals surface area contributed by atoms with E-state index < -0.39 is 5.97 Å². The molecule has 1 saturated carbocycles. The molecule has 0 unspecified atom stereocenters. The van der Waals surface area contributed by atoms with Crippen molar-refractivity contribution in [3.8, 4) is 11.4 Å². The maximum absolute atomic E-state index is 11.4. The standard InChI is InChI=1S/C32H32N4O3S/c1-20-19-27(21(2)35(20)23-12-10-22(11-13-23)31(37)38)30-29(28-9-5-6-18-33-28)34-32(40)36(30)24-14-16-26(17-15-24)39-25-7-3-4-8-25/h5-6,9-19,25,29-30H,3-4,7-8H2,1-2H3,(H,34,40)(H,37,38)/t29-,30+/m0/s1. The van der Waals surface area contributed by atoms with E-state index in [1.807, 2.05) is 48.7 Å². The number of carbonyl (C=O) groups is 1. The highest BCUT2D eigenvalue weighted by Gasteiger charge is 2.42. The molecule has 4 aromatic rings. The van der Waals surface area contributed by atoms with Gasteiger partial charge < -0.3 is 24.6 Å². The Balaban J connectivity index is 1.40. The number of aryl methyl sites for hydroxylation is 1.